The Balaban J connectivity index is 2.35. The molecule has 0 amide bonds. The molecule has 16 heavy (non-hydrogen) atoms. The van der Waals surface area contributed by atoms with Crippen molar-refractivity contribution in [3.05, 3.63) is 21.9 Å². The second-order valence-electron chi connectivity index (χ2n) is 4.45. The third-order valence-electron chi connectivity index (χ3n) is 2.68. The van der Waals surface area contributed by atoms with Crippen molar-refractivity contribution in [2.75, 3.05) is 19.8 Å². The minimum absolute atomic E-state index is 0.00114. The molecule has 4 heteroatoms. The molecule has 1 heterocycles. The Morgan fingerprint density at radius 1 is 1.25 bits per heavy atom. The SMILES string of the molecule is CCc1ccc(CNCC(C)(CO)CO)s1. The summed E-state index contributed by atoms with van der Waals surface area (Å²) in [7, 11) is 0. The predicted molar refractivity (Wildman–Crippen MR) is 67.7 cm³/mol. The lowest BCUT2D eigenvalue weighted by atomic mass is 9.93. The van der Waals surface area contributed by atoms with E-state index in [1.807, 2.05) is 18.3 Å². The van der Waals surface area contributed by atoms with Gasteiger partial charge in [-0.2, -0.15) is 0 Å². The molecular formula is C12H21NO2S. The van der Waals surface area contributed by atoms with Crippen LogP contribution in [0.4, 0.5) is 0 Å². The van der Waals surface area contributed by atoms with Gasteiger partial charge in [-0.25, -0.2) is 0 Å². The van der Waals surface area contributed by atoms with Gasteiger partial charge in [0.1, 0.15) is 0 Å². The van der Waals surface area contributed by atoms with Crippen LogP contribution in [0.5, 0.6) is 0 Å². The molecule has 0 atom stereocenters. The lowest BCUT2D eigenvalue weighted by Crippen LogP contribution is -2.37. The zero-order chi connectivity index (χ0) is 12.0. The Bertz CT molecular complexity index is 308. The van der Waals surface area contributed by atoms with E-state index in [-0.39, 0.29) is 13.2 Å². The van der Waals surface area contributed by atoms with Crippen molar-refractivity contribution in [3.63, 3.8) is 0 Å². The van der Waals surface area contributed by atoms with Gasteiger partial charge >= 0.3 is 0 Å². The fourth-order valence-electron chi connectivity index (χ4n) is 1.36. The first-order chi connectivity index (χ1) is 7.63. The normalized spacial score (nSPS) is 12.0. The van der Waals surface area contributed by atoms with E-state index < -0.39 is 5.41 Å². The van der Waals surface area contributed by atoms with Crippen LogP contribution in [0.2, 0.25) is 0 Å². The van der Waals surface area contributed by atoms with Crippen molar-refractivity contribution in [1.29, 1.82) is 0 Å². The first kappa shape index (κ1) is 13.6. The quantitative estimate of drug-likeness (QED) is 0.678. The number of aryl methyl sites for hydroxylation is 1. The van der Waals surface area contributed by atoms with Gasteiger partial charge < -0.3 is 15.5 Å². The van der Waals surface area contributed by atoms with Crippen LogP contribution in [-0.2, 0) is 13.0 Å². The number of aliphatic hydroxyl groups excluding tert-OH is 2. The molecule has 0 unspecified atom stereocenters. The Morgan fingerprint density at radius 2 is 1.88 bits per heavy atom. The largest absolute Gasteiger partial charge is 0.396 e. The summed E-state index contributed by atoms with van der Waals surface area (Å²) in [6, 6.07) is 4.28. The topological polar surface area (TPSA) is 52.5 Å². The average Bonchev–Trinajstić information content (AvgIpc) is 2.77. The minimum atomic E-state index is -0.426. The van der Waals surface area contributed by atoms with Crippen LogP contribution >= 0.6 is 11.3 Å². The maximum atomic E-state index is 9.13. The van der Waals surface area contributed by atoms with E-state index in [4.69, 9.17) is 10.2 Å². The fraction of sp³-hybridized carbons (Fsp3) is 0.667. The van der Waals surface area contributed by atoms with Crippen LogP contribution in [0, 0.1) is 5.41 Å². The number of thiophene rings is 1. The molecule has 0 radical (unpaired) electrons. The van der Waals surface area contributed by atoms with E-state index in [2.05, 4.69) is 24.4 Å². The predicted octanol–water partition coefficient (Wildman–Crippen LogP) is 1.39. The van der Waals surface area contributed by atoms with Crippen molar-refractivity contribution < 1.29 is 10.2 Å². The van der Waals surface area contributed by atoms with Crippen LogP contribution < -0.4 is 5.32 Å². The summed E-state index contributed by atoms with van der Waals surface area (Å²) in [5, 5.41) is 21.5. The molecule has 0 bridgehead atoms. The number of nitrogens with one attached hydrogen (secondary N) is 1. The fourth-order valence-corrected chi connectivity index (χ4v) is 2.28. The van der Waals surface area contributed by atoms with E-state index in [9.17, 15) is 0 Å². The van der Waals surface area contributed by atoms with E-state index in [0.29, 0.717) is 6.54 Å². The standard InChI is InChI=1S/C12H21NO2S/c1-3-10-4-5-11(16-10)6-13-7-12(2,8-14)9-15/h4-5,13-15H,3,6-9H2,1-2H3. The summed E-state index contributed by atoms with van der Waals surface area (Å²) in [5.74, 6) is 0. The second-order valence-corrected chi connectivity index (χ2v) is 5.70. The molecule has 3 nitrogen and oxygen atoms in total. The molecule has 0 spiro atoms. The molecule has 1 rings (SSSR count). The van der Waals surface area contributed by atoms with Crippen molar-refractivity contribution in [2.45, 2.75) is 26.8 Å². The highest BCUT2D eigenvalue weighted by atomic mass is 32.1. The molecule has 3 N–H and O–H groups in total. The van der Waals surface area contributed by atoms with Gasteiger partial charge in [-0.1, -0.05) is 13.8 Å². The zero-order valence-electron chi connectivity index (χ0n) is 9.99. The summed E-state index contributed by atoms with van der Waals surface area (Å²) in [5.41, 5.74) is -0.426. The molecule has 0 saturated heterocycles. The highest BCUT2D eigenvalue weighted by Crippen LogP contribution is 2.17. The van der Waals surface area contributed by atoms with E-state index >= 15 is 0 Å². The Kier molecular flexibility index (Phi) is 5.41. The molecule has 0 fully saturated rings. The Labute approximate surface area is 101 Å². The molecule has 0 aliphatic carbocycles. The monoisotopic (exact) mass is 243 g/mol. The van der Waals surface area contributed by atoms with Crippen LogP contribution in [0.1, 0.15) is 23.6 Å². The third kappa shape index (κ3) is 3.87. The van der Waals surface area contributed by atoms with Gasteiger partial charge in [0, 0.05) is 28.3 Å². The van der Waals surface area contributed by atoms with Crippen molar-refractivity contribution >= 4 is 11.3 Å². The first-order valence-corrected chi connectivity index (χ1v) is 6.45. The van der Waals surface area contributed by atoms with Gasteiger partial charge in [-0.05, 0) is 18.6 Å². The van der Waals surface area contributed by atoms with Gasteiger partial charge in [0.05, 0.1) is 13.2 Å². The minimum Gasteiger partial charge on any atom is -0.396 e. The highest BCUT2D eigenvalue weighted by Gasteiger charge is 2.21. The molecule has 0 aliphatic rings. The summed E-state index contributed by atoms with van der Waals surface area (Å²) in [6.07, 6.45) is 1.08. The molecule has 1 aromatic heterocycles. The maximum Gasteiger partial charge on any atom is 0.0518 e. The highest BCUT2D eigenvalue weighted by molar-refractivity contribution is 7.11. The summed E-state index contributed by atoms with van der Waals surface area (Å²) >= 11 is 1.81. The van der Waals surface area contributed by atoms with Gasteiger partial charge in [-0.15, -0.1) is 11.3 Å². The van der Waals surface area contributed by atoms with Crippen LogP contribution in [-0.4, -0.2) is 30.0 Å². The summed E-state index contributed by atoms with van der Waals surface area (Å²) in [6.45, 7) is 5.45. The molecule has 92 valence electrons. The molecule has 1 aromatic rings. The van der Waals surface area contributed by atoms with Crippen LogP contribution in [0.3, 0.4) is 0 Å². The Morgan fingerprint density at radius 3 is 2.38 bits per heavy atom. The van der Waals surface area contributed by atoms with E-state index in [0.717, 1.165) is 13.0 Å². The van der Waals surface area contributed by atoms with E-state index in [1.165, 1.54) is 9.75 Å². The number of aliphatic hydroxyl groups is 2. The van der Waals surface area contributed by atoms with Crippen LogP contribution in [0.15, 0.2) is 12.1 Å². The van der Waals surface area contributed by atoms with Gasteiger partial charge in [0.25, 0.3) is 0 Å². The van der Waals surface area contributed by atoms with Gasteiger partial charge in [-0.3, -0.25) is 0 Å². The lowest BCUT2D eigenvalue weighted by Gasteiger charge is -2.24. The van der Waals surface area contributed by atoms with Crippen molar-refractivity contribution in [2.24, 2.45) is 5.41 Å². The number of hydrogen-bond donors (Lipinski definition) is 3. The molecule has 0 saturated carbocycles. The van der Waals surface area contributed by atoms with Crippen molar-refractivity contribution in [3.8, 4) is 0 Å². The third-order valence-corrected chi connectivity index (χ3v) is 3.91. The number of rotatable bonds is 7. The maximum absolute atomic E-state index is 9.13. The van der Waals surface area contributed by atoms with Gasteiger partial charge in [0.15, 0.2) is 0 Å². The zero-order valence-corrected chi connectivity index (χ0v) is 10.8. The number of hydrogen-bond acceptors (Lipinski definition) is 4. The van der Waals surface area contributed by atoms with Crippen LogP contribution in [0.25, 0.3) is 0 Å². The van der Waals surface area contributed by atoms with Gasteiger partial charge in [0.2, 0.25) is 0 Å². The summed E-state index contributed by atoms with van der Waals surface area (Å²) < 4.78 is 0. The molecular weight excluding hydrogens is 222 g/mol. The van der Waals surface area contributed by atoms with E-state index in [1.54, 1.807) is 0 Å². The average molecular weight is 243 g/mol. The second kappa shape index (κ2) is 6.35. The smallest absolute Gasteiger partial charge is 0.0518 e. The first-order valence-electron chi connectivity index (χ1n) is 5.63. The Hall–Kier alpha value is -0.420. The molecule has 0 aromatic carbocycles. The molecule has 0 aliphatic heterocycles. The summed E-state index contributed by atoms with van der Waals surface area (Å²) in [4.78, 5) is 2.69. The lowest BCUT2D eigenvalue weighted by molar-refractivity contribution is 0.0696. The van der Waals surface area contributed by atoms with Crippen molar-refractivity contribution in [1.82, 2.24) is 5.32 Å².